The zero-order chi connectivity index (χ0) is 12.4. The van der Waals surface area contributed by atoms with Crippen LogP contribution < -0.4 is 11.1 Å². The molecule has 17 heavy (non-hydrogen) atoms. The Labute approximate surface area is 98.6 Å². The van der Waals surface area contributed by atoms with Gasteiger partial charge in [0.2, 0.25) is 5.91 Å². The number of anilines is 1. The molecule has 1 unspecified atom stereocenters. The largest absolute Gasteiger partial charge is 0.480 e. The molecule has 1 amide bonds. The highest BCUT2D eigenvalue weighted by atomic mass is 16.4. The third-order valence-corrected chi connectivity index (χ3v) is 2.84. The number of carbonyl (C=O) groups is 2. The fourth-order valence-electron chi connectivity index (χ4n) is 1.90. The van der Waals surface area contributed by atoms with Crippen molar-refractivity contribution in [2.24, 2.45) is 5.73 Å². The first-order chi connectivity index (χ1) is 8.06. The summed E-state index contributed by atoms with van der Waals surface area (Å²) in [6, 6.07) is 4.63. The maximum absolute atomic E-state index is 11.2. The van der Waals surface area contributed by atoms with Crippen LogP contribution in [-0.4, -0.2) is 23.0 Å². The predicted molar refractivity (Wildman–Crippen MR) is 62.7 cm³/mol. The number of carbonyl (C=O) groups excluding carboxylic acids is 1. The van der Waals surface area contributed by atoms with E-state index in [0.29, 0.717) is 19.3 Å². The molecule has 0 radical (unpaired) electrons. The SMILES string of the molecule is NC(Cc1ccc2c(c1)CCC(=O)N2)C(=O)O. The van der Waals surface area contributed by atoms with Crippen LogP contribution in [0.25, 0.3) is 0 Å². The Hall–Kier alpha value is -1.88. The molecule has 5 nitrogen and oxygen atoms in total. The quantitative estimate of drug-likeness (QED) is 0.711. The van der Waals surface area contributed by atoms with Gasteiger partial charge in [0.25, 0.3) is 0 Å². The molecular formula is C12H14N2O3. The van der Waals surface area contributed by atoms with E-state index < -0.39 is 12.0 Å². The topological polar surface area (TPSA) is 92.4 Å². The normalized spacial score (nSPS) is 15.9. The monoisotopic (exact) mass is 234 g/mol. The Bertz CT molecular complexity index is 471. The van der Waals surface area contributed by atoms with Crippen molar-refractivity contribution in [1.82, 2.24) is 0 Å². The van der Waals surface area contributed by atoms with Crippen LogP contribution in [0.3, 0.4) is 0 Å². The molecule has 0 bridgehead atoms. The summed E-state index contributed by atoms with van der Waals surface area (Å²) in [7, 11) is 0. The smallest absolute Gasteiger partial charge is 0.320 e. The Balaban J connectivity index is 2.16. The zero-order valence-electron chi connectivity index (χ0n) is 9.27. The number of benzene rings is 1. The third-order valence-electron chi connectivity index (χ3n) is 2.84. The lowest BCUT2D eigenvalue weighted by molar-refractivity contribution is -0.138. The van der Waals surface area contributed by atoms with E-state index in [2.05, 4.69) is 5.32 Å². The molecule has 1 aliphatic rings. The van der Waals surface area contributed by atoms with Gasteiger partial charge in [0.15, 0.2) is 0 Å². The molecular weight excluding hydrogens is 220 g/mol. The molecule has 0 saturated heterocycles. The van der Waals surface area contributed by atoms with Crippen LogP contribution in [0.2, 0.25) is 0 Å². The van der Waals surface area contributed by atoms with Crippen molar-refractivity contribution in [1.29, 1.82) is 0 Å². The Morgan fingerprint density at radius 1 is 1.47 bits per heavy atom. The maximum atomic E-state index is 11.2. The Kier molecular flexibility index (Phi) is 3.10. The lowest BCUT2D eigenvalue weighted by Gasteiger charge is -2.18. The van der Waals surface area contributed by atoms with Gasteiger partial charge in [0.1, 0.15) is 6.04 Å². The average Bonchev–Trinajstić information content (AvgIpc) is 2.29. The van der Waals surface area contributed by atoms with Crippen molar-refractivity contribution < 1.29 is 14.7 Å². The van der Waals surface area contributed by atoms with Crippen molar-refractivity contribution >= 4 is 17.6 Å². The summed E-state index contributed by atoms with van der Waals surface area (Å²) in [5, 5.41) is 11.5. The van der Waals surface area contributed by atoms with Gasteiger partial charge >= 0.3 is 5.97 Å². The van der Waals surface area contributed by atoms with Crippen LogP contribution in [-0.2, 0) is 22.4 Å². The molecule has 1 atom stereocenters. The number of aliphatic carboxylic acids is 1. The molecule has 90 valence electrons. The fraction of sp³-hybridized carbons (Fsp3) is 0.333. The van der Waals surface area contributed by atoms with E-state index in [4.69, 9.17) is 10.8 Å². The van der Waals surface area contributed by atoms with Gasteiger partial charge in [0, 0.05) is 12.1 Å². The predicted octanol–water partition coefficient (Wildman–Crippen LogP) is 0.526. The first-order valence-corrected chi connectivity index (χ1v) is 5.46. The van der Waals surface area contributed by atoms with E-state index in [0.717, 1.165) is 16.8 Å². The number of carboxylic acid groups (broad SMARTS) is 1. The van der Waals surface area contributed by atoms with Crippen LogP contribution in [0.5, 0.6) is 0 Å². The van der Waals surface area contributed by atoms with E-state index in [9.17, 15) is 9.59 Å². The number of aryl methyl sites for hydroxylation is 1. The number of nitrogens with one attached hydrogen (secondary N) is 1. The van der Waals surface area contributed by atoms with E-state index in [1.807, 2.05) is 6.07 Å². The second-order valence-electron chi connectivity index (χ2n) is 4.19. The van der Waals surface area contributed by atoms with Crippen molar-refractivity contribution in [3.63, 3.8) is 0 Å². The first-order valence-electron chi connectivity index (χ1n) is 5.46. The van der Waals surface area contributed by atoms with Crippen molar-refractivity contribution in [2.45, 2.75) is 25.3 Å². The van der Waals surface area contributed by atoms with Crippen LogP contribution in [0.1, 0.15) is 17.5 Å². The summed E-state index contributed by atoms with van der Waals surface area (Å²) in [4.78, 5) is 21.8. The molecule has 0 saturated carbocycles. The Morgan fingerprint density at radius 2 is 2.24 bits per heavy atom. The van der Waals surface area contributed by atoms with Gasteiger partial charge in [-0.3, -0.25) is 9.59 Å². The second-order valence-corrected chi connectivity index (χ2v) is 4.19. The molecule has 2 rings (SSSR count). The van der Waals surface area contributed by atoms with E-state index in [-0.39, 0.29) is 5.91 Å². The van der Waals surface area contributed by atoms with Crippen LogP contribution in [0.15, 0.2) is 18.2 Å². The molecule has 0 aliphatic carbocycles. The molecule has 1 aliphatic heterocycles. The minimum atomic E-state index is -1.00. The van der Waals surface area contributed by atoms with Gasteiger partial charge in [-0.15, -0.1) is 0 Å². The molecule has 4 N–H and O–H groups in total. The number of nitrogens with two attached hydrogens (primary N) is 1. The molecule has 1 aromatic carbocycles. The number of carboxylic acids is 1. The van der Waals surface area contributed by atoms with Gasteiger partial charge in [-0.1, -0.05) is 12.1 Å². The highest BCUT2D eigenvalue weighted by molar-refractivity contribution is 5.93. The summed E-state index contributed by atoms with van der Waals surface area (Å²) in [6.45, 7) is 0. The number of amides is 1. The number of fused-ring (bicyclic) bond motifs is 1. The van der Waals surface area contributed by atoms with Crippen molar-refractivity contribution in [3.8, 4) is 0 Å². The lowest BCUT2D eigenvalue weighted by Crippen LogP contribution is -2.32. The third kappa shape index (κ3) is 2.62. The maximum Gasteiger partial charge on any atom is 0.320 e. The van der Waals surface area contributed by atoms with Crippen molar-refractivity contribution in [3.05, 3.63) is 29.3 Å². The van der Waals surface area contributed by atoms with Crippen LogP contribution >= 0.6 is 0 Å². The summed E-state index contributed by atoms with van der Waals surface area (Å²) >= 11 is 0. The van der Waals surface area contributed by atoms with Gasteiger partial charge in [-0.2, -0.15) is 0 Å². The van der Waals surface area contributed by atoms with Gasteiger partial charge < -0.3 is 16.2 Å². The number of hydrogen-bond donors (Lipinski definition) is 3. The highest BCUT2D eigenvalue weighted by Crippen LogP contribution is 2.23. The van der Waals surface area contributed by atoms with E-state index in [1.165, 1.54) is 0 Å². The van der Waals surface area contributed by atoms with Crippen LogP contribution in [0, 0.1) is 0 Å². The standard InChI is InChI=1S/C12H14N2O3/c13-9(12(16)17)6-7-1-3-10-8(5-7)2-4-11(15)14-10/h1,3,5,9H,2,4,6,13H2,(H,14,15)(H,16,17). The summed E-state index contributed by atoms with van der Waals surface area (Å²) < 4.78 is 0. The Morgan fingerprint density at radius 3 is 2.94 bits per heavy atom. The second kappa shape index (κ2) is 4.55. The first kappa shape index (κ1) is 11.6. The average molecular weight is 234 g/mol. The van der Waals surface area contributed by atoms with Gasteiger partial charge in [0.05, 0.1) is 0 Å². The molecule has 0 fully saturated rings. The fourth-order valence-corrected chi connectivity index (χ4v) is 1.90. The van der Waals surface area contributed by atoms with Crippen LogP contribution in [0.4, 0.5) is 5.69 Å². The summed E-state index contributed by atoms with van der Waals surface area (Å²) in [6.07, 6.45) is 1.47. The minimum Gasteiger partial charge on any atom is -0.480 e. The molecule has 1 heterocycles. The van der Waals surface area contributed by atoms with Crippen molar-refractivity contribution in [2.75, 3.05) is 5.32 Å². The summed E-state index contributed by atoms with van der Waals surface area (Å²) in [5.41, 5.74) is 8.22. The van der Waals surface area contributed by atoms with Gasteiger partial charge in [-0.25, -0.2) is 0 Å². The lowest BCUT2D eigenvalue weighted by atomic mass is 9.97. The van der Waals surface area contributed by atoms with Gasteiger partial charge in [-0.05, 0) is 30.0 Å². The number of hydrogen-bond acceptors (Lipinski definition) is 3. The molecule has 0 spiro atoms. The number of rotatable bonds is 3. The zero-order valence-corrected chi connectivity index (χ0v) is 9.27. The molecule has 5 heteroatoms. The van der Waals surface area contributed by atoms with E-state index >= 15 is 0 Å². The van der Waals surface area contributed by atoms with E-state index in [1.54, 1.807) is 12.1 Å². The molecule has 0 aromatic heterocycles. The molecule has 1 aromatic rings. The highest BCUT2D eigenvalue weighted by Gasteiger charge is 2.17. The minimum absolute atomic E-state index is 0.0208. The summed E-state index contributed by atoms with van der Waals surface area (Å²) in [5.74, 6) is -0.983.